The number of likely N-dealkylation sites (tertiary alicyclic amines) is 1. The Morgan fingerprint density at radius 2 is 1.84 bits per heavy atom. The lowest BCUT2D eigenvalue weighted by atomic mass is 10.0. The van der Waals surface area contributed by atoms with Crippen molar-refractivity contribution in [3.8, 4) is 0 Å². The third-order valence-corrected chi connectivity index (χ3v) is 7.00. The van der Waals surface area contributed by atoms with Gasteiger partial charge in [0.1, 0.15) is 6.04 Å². The van der Waals surface area contributed by atoms with Gasteiger partial charge in [-0.2, -0.15) is 0 Å². The standard InChI is InChI=1S/C24H39N5O2/c1-6-28(7-2)22(30)13-12-20-16-25-24(31)23-21(27(20)5)14-15-29(23)17-18-8-10-19(11-9-18)26(3)4/h8-11,20-21,23H,6-7,12-17H2,1-5H3,(H,25,31)/t20-,21-,23-/m1/s1. The summed E-state index contributed by atoms with van der Waals surface area (Å²) in [5.41, 5.74) is 2.41. The van der Waals surface area contributed by atoms with E-state index in [2.05, 4.69) is 51.3 Å². The molecule has 2 saturated heterocycles. The molecule has 1 aromatic rings. The smallest absolute Gasteiger partial charge is 0.239 e. The van der Waals surface area contributed by atoms with Crippen molar-refractivity contribution in [3.63, 3.8) is 0 Å². The number of carbonyl (C=O) groups excluding carboxylic acids is 2. The molecule has 3 rings (SSSR count). The van der Waals surface area contributed by atoms with Gasteiger partial charge in [0.15, 0.2) is 0 Å². The van der Waals surface area contributed by atoms with Crippen molar-refractivity contribution in [2.24, 2.45) is 0 Å². The first-order valence-electron chi connectivity index (χ1n) is 11.6. The number of likely N-dealkylation sites (N-methyl/N-ethyl adjacent to an activating group) is 1. The van der Waals surface area contributed by atoms with E-state index in [9.17, 15) is 9.59 Å². The minimum Gasteiger partial charge on any atom is -0.378 e. The van der Waals surface area contributed by atoms with Crippen LogP contribution in [0, 0.1) is 0 Å². The summed E-state index contributed by atoms with van der Waals surface area (Å²) in [6.45, 7) is 7.84. The molecule has 2 amide bonds. The van der Waals surface area contributed by atoms with Gasteiger partial charge in [0.25, 0.3) is 0 Å². The number of carbonyl (C=O) groups is 2. The fourth-order valence-corrected chi connectivity index (χ4v) is 4.98. The number of hydrogen-bond donors (Lipinski definition) is 1. The van der Waals surface area contributed by atoms with Crippen molar-refractivity contribution in [2.45, 2.75) is 57.8 Å². The predicted octanol–water partition coefficient (Wildman–Crippen LogP) is 1.77. The zero-order valence-electron chi connectivity index (χ0n) is 19.8. The van der Waals surface area contributed by atoms with Gasteiger partial charge >= 0.3 is 0 Å². The number of nitrogens with one attached hydrogen (secondary N) is 1. The van der Waals surface area contributed by atoms with E-state index >= 15 is 0 Å². The van der Waals surface area contributed by atoms with Gasteiger partial charge in [-0.25, -0.2) is 0 Å². The average molecular weight is 430 g/mol. The molecule has 0 unspecified atom stereocenters. The number of amides is 2. The van der Waals surface area contributed by atoms with Crippen molar-refractivity contribution in [3.05, 3.63) is 29.8 Å². The van der Waals surface area contributed by atoms with Crippen LogP contribution in [0.2, 0.25) is 0 Å². The van der Waals surface area contributed by atoms with Crippen LogP contribution in [0.5, 0.6) is 0 Å². The van der Waals surface area contributed by atoms with E-state index in [4.69, 9.17) is 0 Å². The molecular weight excluding hydrogens is 390 g/mol. The fraction of sp³-hybridized carbons (Fsp3) is 0.667. The summed E-state index contributed by atoms with van der Waals surface area (Å²) in [4.78, 5) is 34.1. The highest BCUT2D eigenvalue weighted by atomic mass is 16.2. The zero-order valence-corrected chi connectivity index (χ0v) is 19.8. The second kappa shape index (κ2) is 10.5. The summed E-state index contributed by atoms with van der Waals surface area (Å²) in [6, 6.07) is 8.82. The molecule has 31 heavy (non-hydrogen) atoms. The van der Waals surface area contributed by atoms with Crippen molar-refractivity contribution < 1.29 is 9.59 Å². The Morgan fingerprint density at radius 3 is 2.45 bits per heavy atom. The van der Waals surface area contributed by atoms with Gasteiger partial charge in [0, 0.05) is 71.0 Å². The maximum absolute atomic E-state index is 13.0. The summed E-state index contributed by atoms with van der Waals surface area (Å²) < 4.78 is 0. The highest BCUT2D eigenvalue weighted by Gasteiger charge is 2.44. The maximum Gasteiger partial charge on any atom is 0.239 e. The first kappa shape index (κ1) is 23.5. The molecule has 7 heteroatoms. The highest BCUT2D eigenvalue weighted by Crippen LogP contribution is 2.29. The molecule has 7 nitrogen and oxygen atoms in total. The minimum absolute atomic E-state index is 0.122. The van der Waals surface area contributed by atoms with Crippen LogP contribution in [-0.2, 0) is 16.1 Å². The Balaban J connectivity index is 1.64. The second-order valence-corrected chi connectivity index (χ2v) is 9.00. The number of rotatable bonds is 8. The molecule has 0 saturated carbocycles. The maximum atomic E-state index is 13.0. The van der Waals surface area contributed by atoms with Gasteiger partial charge < -0.3 is 15.1 Å². The van der Waals surface area contributed by atoms with Crippen LogP contribution < -0.4 is 10.2 Å². The topological polar surface area (TPSA) is 59.1 Å². The van der Waals surface area contributed by atoms with Crippen molar-refractivity contribution in [2.75, 3.05) is 52.2 Å². The van der Waals surface area contributed by atoms with E-state index in [1.807, 2.05) is 32.8 Å². The van der Waals surface area contributed by atoms with Crippen LogP contribution in [0.4, 0.5) is 5.69 Å². The Hall–Kier alpha value is -2.12. The molecule has 2 fully saturated rings. The average Bonchev–Trinajstić information content (AvgIpc) is 3.13. The van der Waals surface area contributed by atoms with Crippen LogP contribution in [-0.4, -0.2) is 92.0 Å². The van der Waals surface area contributed by atoms with Gasteiger partial charge in [-0.15, -0.1) is 0 Å². The Labute approximate surface area is 187 Å². The van der Waals surface area contributed by atoms with Crippen LogP contribution in [0.25, 0.3) is 0 Å². The fourth-order valence-electron chi connectivity index (χ4n) is 4.98. The first-order valence-corrected chi connectivity index (χ1v) is 11.6. The quantitative estimate of drug-likeness (QED) is 0.683. The largest absolute Gasteiger partial charge is 0.378 e. The van der Waals surface area contributed by atoms with E-state index in [0.717, 1.165) is 39.0 Å². The molecule has 3 atom stereocenters. The molecule has 1 aromatic carbocycles. The molecule has 2 aliphatic rings. The van der Waals surface area contributed by atoms with Crippen molar-refractivity contribution in [1.82, 2.24) is 20.0 Å². The Kier molecular flexibility index (Phi) is 7.94. The predicted molar refractivity (Wildman–Crippen MR) is 125 cm³/mol. The highest BCUT2D eigenvalue weighted by molar-refractivity contribution is 5.83. The molecule has 0 aliphatic carbocycles. The molecule has 2 heterocycles. The number of benzene rings is 1. The van der Waals surface area contributed by atoms with E-state index in [-0.39, 0.29) is 29.9 Å². The van der Waals surface area contributed by atoms with E-state index in [1.165, 1.54) is 11.3 Å². The molecule has 1 N–H and O–H groups in total. The van der Waals surface area contributed by atoms with Gasteiger partial charge in [-0.1, -0.05) is 12.1 Å². The van der Waals surface area contributed by atoms with Crippen LogP contribution >= 0.6 is 0 Å². The normalized spacial score (nSPS) is 24.4. The lowest BCUT2D eigenvalue weighted by Crippen LogP contribution is -2.49. The lowest BCUT2D eigenvalue weighted by Gasteiger charge is -2.33. The number of hydrogen-bond acceptors (Lipinski definition) is 5. The van der Waals surface area contributed by atoms with Crippen LogP contribution in [0.1, 0.15) is 38.7 Å². The first-order chi connectivity index (χ1) is 14.8. The summed E-state index contributed by atoms with van der Waals surface area (Å²) in [6.07, 6.45) is 2.29. The zero-order chi connectivity index (χ0) is 22.5. The number of nitrogens with zero attached hydrogens (tertiary/aromatic N) is 4. The van der Waals surface area contributed by atoms with Crippen LogP contribution in [0.3, 0.4) is 0 Å². The van der Waals surface area contributed by atoms with E-state index in [0.29, 0.717) is 13.0 Å². The third-order valence-electron chi connectivity index (χ3n) is 7.00. The molecule has 0 radical (unpaired) electrons. The molecule has 0 spiro atoms. The van der Waals surface area contributed by atoms with Crippen molar-refractivity contribution in [1.29, 1.82) is 0 Å². The second-order valence-electron chi connectivity index (χ2n) is 9.00. The van der Waals surface area contributed by atoms with Crippen molar-refractivity contribution >= 4 is 17.5 Å². The van der Waals surface area contributed by atoms with Gasteiger partial charge in [0.2, 0.25) is 11.8 Å². The van der Waals surface area contributed by atoms with Crippen LogP contribution in [0.15, 0.2) is 24.3 Å². The third kappa shape index (κ3) is 5.39. The van der Waals surface area contributed by atoms with E-state index < -0.39 is 0 Å². The van der Waals surface area contributed by atoms with Gasteiger partial charge in [-0.05, 0) is 51.4 Å². The molecule has 172 valence electrons. The molecular formula is C24H39N5O2. The molecule has 0 bridgehead atoms. The lowest BCUT2D eigenvalue weighted by molar-refractivity contribution is -0.131. The summed E-state index contributed by atoms with van der Waals surface area (Å²) >= 11 is 0. The van der Waals surface area contributed by atoms with E-state index in [1.54, 1.807) is 0 Å². The number of fused-ring (bicyclic) bond motifs is 1. The summed E-state index contributed by atoms with van der Waals surface area (Å²) in [7, 11) is 6.20. The molecule has 2 aliphatic heterocycles. The Morgan fingerprint density at radius 1 is 1.16 bits per heavy atom. The minimum atomic E-state index is -0.137. The summed E-state index contributed by atoms with van der Waals surface area (Å²) in [5, 5.41) is 3.16. The SMILES string of the molecule is CCN(CC)C(=O)CC[C@@H]1CNC(=O)[C@H]2[C@@H](CCN2Cc2ccc(N(C)C)cc2)N1C. The Bertz CT molecular complexity index is 747. The summed E-state index contributed by atoms with van der Waals surface area (Å²) in [5.74, 6) is 0.330. The van der Waals surface area contributed by atoms with Gasteiger partial charge in [0.05, 0.1) is 0 Å². The number of anilines is 1. The van der Waals surface area contributed by atoms with Gasteiger partial charge in [-0.3, -0.25) is 19.4 Å². The molecule has 0 aromatic heterocycles. The monoisotopic (exact) mass is 429 g/mol.